The van der Waals surface area contributed by atoms with Gasteiger partial charge in [-0.3, -0.25) is 4.90 Å². The summed E-state index contributed by atoms with van der Waals surface area (Å²) >= 11 is 0. The Labute approximate surface area is 98.5 Å². The zero-order valence-corrected chi connectivity index (χ0v) is 10.7. The lowest BCUT2D eigenvalue weighted by atomic mass is 9.90. The Morgan fingerprint density at radius 2 is 2.25 bits per heavy atom. The van der Waals surface area contributed by atoms with Gasteiger partial charge in [0.05, 0.1) is 18.2 Å². The molecule has 1 fully saturated rings. The lowest BCUT2D eigenvalue weighted by Gasteiger charge is -2.42. The fourth-order valence-electron chi connectivity index (χ4n) is 2.19. The number of hydrogen-bond acceptors (Lipinski definition) is 4. The van der Waals surface area contributed by atoms with Crippen LogP contribution in [0.3, 0.4) is 0 Å². The van der Waals surface area contributed by atoms with E-state index in [0.29, 0.717) is 13.2 Å². The smallest absolute Gasteiger partial charge is 0.0818 e. The van der Waals surface area contributed by atoms with Crippen LogP contribution in [-0.2, 0) is 9.47 Å². The first-order chi connectivity index (χ1) is 7.58. The average molecular weight is 231 g/mol. The second kappa shape index (κ2) is 6.55. The molecule has 0 spiro atoms. The molecular formula is C12H25NO3. The van der Waals surface area contributed by atoms with Gasteiger partial charge in [0.1, 0.15) is 0 Å². The molecule has 1 aliphatic heterocycles. The number of unbranched alkanes of at least 4 members (excludes halogenated alkanes) is 1. The molecule has 0 amide bonds. The highest BCUT2D eigenvalue weighted by molar-refractivity contribution is 4.91. The summed E-state index contributed by atoms with van der Waals surface area (Å²) in [5, 5.41) is 10.3. The Kier molecular flexibility index (Phi) is 5.69. The van der Waals surface area contributed by atoms with Crippen molar-refractivity contribution in [1.29, 1.82) is 0 Å². The number of aliphatic hydroxyl groups is 1. The van der Waals surface area contributed by atoms with Gasteiger partial charge in [-0.25, -0.2) is 0 Å². The molecule has 1 aliphatic rings. The minimum Gasteiger partial charge on any atom is -0.388 e. The standard InChI is InChI=1S/C12H25NO3/c1-12(14)6-9-16-10-11(12)13(2)7-4-5-8-15-3/h11,14H,4-10H2,1-3H3/t11?,12-/m0/s1. The van der Waals surface area contributed by atoms with Gasteiger partial charge in [-0.05, 0) is 33.4 Å². The highest BCUT2D eigenvalue weighted by Crippen LogP contribution is 2.24. The molecule has 1 saturated heterocycles. The lowest BCUT2D eigenvalue weighted by molar-refractivity contribution is -0.113. The van der Waals surface area contributed by atoms with E-state index >= 15 is 0 Å². The Bertz CT molecular complexity index is 197. The second-order valence-electron chi connectivity index (χ2n) is 4.88. The van der Waals surface area contributed by atoms with Crippen LogP contribution >= 0.6 is 0 Å². The monoisotopic (exact) mass is 231 g/mol. The largest absolute Gasteiger partial charge is 0.388 e. The van der Waals surface area contributed by atoms with E-state index in [1.807, 2.05) is 6.92 Å². The molecule has 2 atom stereocenters. The molecule has 4 nitrogen and oxygen atoms in total. The number of ether oxygens (including phenoxy) is 2. The molecule has 4 heteroatoms. The van der Waals surface area contributed by atoms with E-state index in [4.69, 9.17) is 9.47 Å². The van der Waals surface area contributed by atoms with Gasteiger partial charge in [0, 0.05) is 26.7 Å². The second-order valence-corrected chi connectivity index (χ2v) is 4.88. The van der Waals surface area contributed by atoms with Gasteiger partial charge in [-0.15, -0.1) is 0 Å². The molecule has 1 rings (SSSR count). The van der Waals surface area contributed by atoms with E-state index in [1.54, 1.807) is 7.11 Å². The molecule has 0 saturated carbocycles. The number of hydrogen-bond donors (Lipinski definition) is 1. The normalized spacial score (nSPS) is 30.9. The van der Waals surface area contributed by atoms with Gasteiger partial charge in [-0.2, -0.15) is 0 Å². The van der Waals surface area contributed by atoms with Crippen LogP contribution in [0.1, 0.15) is 26.2 Å². The van der Waals surface area contributed by atoms with Gasteiger partial charge in [0.15, 0.2) is 0 Å². The molecule has 0 aromatic rings. The Morgan fingerprint density at radius 3 is 2.88 bits per heavy atom. The van der Waals surface area contributed by atoms with Crippen molar-refractivity contribution in [2.24, 2.45) is 0 Å². The third-order valence-corrected chi connectivity index (χ3v) is 3.39. The van der Waals surface area contributed by atoms with Crippen LogP contribution < -0.4 is 0 Å². The fourth-order valence-corrected chi connectivity index (χ4v) is 2.19. The zero-order valence-electron chi connectivity index (χ0n) is 10.7. The van der Waals surface area contributed by atoms with Crippen LogP contribution in [-0.4, -0.2) is 62.2 Å². The quantitative estimate of drug-likeness (QED) is 0.689. The first-order valence-corrected chi connectivity index (χ1v) is 6.07. The van der Waals surface area contributed by atoms with Gasteiger partial charge >= 0.3 is 0 Å². The SMILES string of the molecule is COCCCCN(C)C1COCC[C@]1(C)O. The fraction of sp³-hybridized carbons (Fsp3) is 1.00. The topological polar surface area (TPSA) is 41.9 Å². The first kappa shape index (κ1) is 13.9. The van der Waals surface area contributed by atoms with Crippen molar-refractivity contribution < 1.29 is 14.6 Å². The van der Waals surface area contributed by atoms with E-state index in [0.717, 1.165) is 32.4 Å². The summed E-state index contributed by atoms with van der Waals surface area (Å²) in [5.41, 5.74) is -0.617. The Morgan fingerprint density at radius 1 is 1.50 bits per heavy atom. The minimum atomic E-state index is -0.617. The van der Waals surface area contributed by atoms with Gasteiger partial charge in [-0.1, -0.05) is 0 Å². The van der Waals surface area contributed by atoms with Crippen LogP contribution in [0.5, 0.6) is 0 Å². The predicted octanol–water partition coefficient (Wildman–Crippen LogP) is 0.885. The van der Waals surface area contributed by atoms with Crippen molar-refractivity contribution in [3.05, 3.63) is 0 Å². The Balaban J connectivity index is 2.31. The average Bonchev–Trinajstić information content (AvgIpc) is 2.23. The number of nitrogens with zero attached hydrogens (tertiary/aromatic N) is 1. The summed E-state index contributed by atoms with van der Waals surface area (Å²) in [7, 11) is 3.78. The molecule has 0 aliphatic carbocycles. The third kappa shape index (κ3) is 4.01. The van der Waals surface area contributed by atoms with E-state index in [2.05, 4.69) is 11.9 Å². The van der Waals surface area contributed by atoms with Crippen LogP contribution in [0.2, 0.25) is 0 Å². The summed E-state index contributed by atoms with van der Waals surface area (Å²) in [5.74, 6) is 0. The molecule has 0 aromatic heterocycles. The molecule has 96 valence electrons. The lowest BCUT2D eigenvalue weighted by Crippen LogP contribution is -2.55. The van der Waals surface area contributed by atoms with Crippen molar-refractivity contribution in [2.75, 3.05) is 40.5 Å². The summed E-state index contributed by atoms with van der Waals surface area (Å²) in [6.45, 7) is 5.00. The molecule has 0 bridgehead atoms. The van der Waals surface area contributed by atoms with Crippen LogP contribution in [0.25, 0.3) is 0 Å². The van der Waals surface area contributed by atoms with Crippen LogP contribution in [0.4, 0.5) is 0 Å². The summed E-state index contributed by atoms with van der Waals surface area (Å²) in [6, 6.07) is 0.115. The van der Waals surface area contributed by atoms with Gasteiger partial charge < -0.3 is 14.6 Å². The summed E-state index contributed by atoms with van der Waals surface area (Å²) < 4.78 is 10.5. The van der Waals surface area contributed by atoms with E-state index in [-0.39, 0.29) is 6.04 Å². The molecule has 1 unspecified atom stereocenters. The number of methoxy groups -OCH3 is 1. The highest BCUT2D eigenvalue weighted by atomic mass is 16.5. The van der Waals surface area contributed by atoms with E-state index < -0.39 is 5.60 Å². The van der Waals surface area contributed by atoms with Crippen molar-refractivity contribution in [2.45, 2.75) is 37.8 Å². The van der Waals surface area contributed by atoms with Crippen LogP contribution in [0.15, 0.2) is 0 Å². The molecule has 0 radical (unpaired) electrons. The summed E-state index contributed by atoms with van der Waals surface area (Å²) in [6.07, 6.45) is 2.88. The molecule has 16 heavy (non-hydrogen) atoms. The minimum absolute atomic E-state index is 0.115. The Hall–Kier alpha value is -0.160. The molecule has 0 aromatic carbocycles. The predicted molar refractivity (Wildman–Crippen MR) is 63.6 cm³/mol. The van der Waals surface area contributed by atoms with Gasteiger partial charge in [0.2, 0.25) is 0 Å². The maximum atomic E-state index is 10.3. The van der Waals surface area contributed by atoms with Crippen molar-refractivity contribution in [3.63, 3.8) is 0 Å². The zero-order chi connectivity index (χ0) is 12.0. The highest BCUT2D eigenvalue weighted by Gasteiger charge is 2.37. The maximum Gasteiger partial charge on any atom is 0.0818 e. The van der Waals surface area contributed by atoms with Crippen LogP contribution in [0, 0.1) is 0 Å². The van der Waals surface area contributed by atoms with Gasteiger partial charge in [0.25, 0.3) is 0 Å². The molecule has 1 N–H and O–H groups in total. The van der Waals surface area contributed by atoms with Crippen molar-refractivity contribution in [3.8, 4) is 0 Å². The van der Waals surface area contributed by atoms with Crippen molar-refractivity contribution in [1.82, 2.24) is 4.90 Å². The van der Waals surface area contributed by atoms with Crippen molar-refractivity contribution >= 4 is 0 Å². The molecular weight excluding hydrogens is 206 g/mol. The summed E-state index contributed by atoms with van der Waals surface area (Å²) in [4.78, 5) is 2.20. The van der Waals surface area contributed by atoms with E-state index in [9.17, 15) is 5.11 Å². The molecule has 1 heterocycles. The van der Waals surface area contributed by atoms with E-state index in [1.165, 1.54) is 0 Å². The first-order valence-electron chi connectivity index (χ1n) is 6.07. The maximum absolute atomic E-state index is 10.3. The number of rotatable bonds is 6. The number of likely N-dealkylation sites (N-methyl/N-ethyl adjacent to an activating group) is 1. The third-order valence-electron chi connectivity index (χ3n) is 3.39.